The van der Waals surface area contributed by atoms with E-state index in [4.69, 9.17) is 4.74 Å². The first kappa shape index (κ1) is 25.8. The summed E-state index contributed by atoms with van der Waals surface area (Å²) in [5.41, 5.74) is 0.655. The molecule has 2 atom stereocenters. The molecule has 0 saturated carbocycles. The highest BCUT2D eigenvalue weighted by molar-refractivity contribution is 7.90. The number of nitrogens with zero attached hydrogens (tertiary/aromatic N) is 2. The third-order valence-electron chi connectivity index (χ3n) is 6.04. The van der Waals surface area contributed by atoms with Gasteiger partial charge in [0, 0.05) is 31.4 Å². The van der Waals surface area contributed by atoms with E-state index in [9.17, 15) is 22.5 Å². The second-order valence-electron chi connectivity index (χ2n) is 8.62. The maximum absolute atomic E-state index is 12.8. The van der Waals surface area contributed by atoms with Crippen molar-refractivity contribution in [3.8, 4) is 11.5 Å². The number of rotatable bonds is 7. The Balaban J connectivity index is 1.60. The van der Waals surface area contributed by atoms with Crippen LogP contribution in [0, 0.1) is 0 Å². The maximum atomic E-state index is 12.8. The molecule has 1 aliphatic heterocycles. The summed E-state index contributed by atoms with van der Waals surface area (Å²) in [6, 6.07) is 14.6. The van der Waals surface area contributed by atoms with Crippen LogP contribution >= 0.6 is 0 Å². The third kappa shape index (κ3) is 6.30. The fourth-order valence-electron chi connectivity index (χ4n) is 4.24. The molecule has 0 bridgehead atoms. The van der Waals surface area contributed by atoms with E-state index in [1.165, 1.54) is 6.07 Å². The molecule has 1 fully saturated rings. The lowest BCUT2D eigenvalue weighted by molar-refractivity contribution is -0.137. The van der Waals surface area contributed by atoms with Gasteiger partial charge >= 0.3 is 6.18 Å². The minimum Gasteiger partial charge on any atom is -0.612 e. The van der Waals surface area contributed by atoms with E-state index in [1.54, 1.807) is 49.6 Å². The number of pyridine rings is 1. The number of hydrogen-bond donors (Lipinski definition) is 1. The molecular formula is C26H26F3N3O3S. The van der Waals surface area contributed by atoms with Crippen molar-refractivity contribution in [2.45, 2.75) is 43.3 Å². The Morgan fingerprint density at radius 3 is 2.56 bits per heavy atom. The lowest BCUT2D eigenvalue weighted by atomic mass is 10.0. The van der Waals surface area contributed by atoms with E-state index in [0.29, 0.717) is 35.0 Å². The maximum Gasteiger partial charge on any atom is 0.417 e. The van der Waals surface area contributed by atoms with Crippen LogP contribution in [0.2, 0.25) is 0 Å². The monoisotopic (exact) mass is 517 g/mol. The largest absolute Gasteiger partial charge is 0.612 e. The number of anilines is 2. The molecule has 0 aliphatic carbocycles. The summed E-state index contributed by atoms with van der Waals surface area (Å²) in [5, 5.41) is 3.04. The van der Waals surface area contributed by atoms with Crippen molar-refractivity contribution in [2.24, 2.45) is 0 Å². The van der Waals surface area contributed by atoms with Crippen LogP contribution < -0.4 is 10.1 Å². The molecule has 1 aromatic heterocycles. The first-order valence-electron chi connectivity index (χ1n) is 11.4. The van der Waals surface area contributed by atoms with Gasteiger partial charge in [-0.05, 0) is 90.6 Å². The van der Waals surface area contributed by atoms with Crippen molar-refractivity contribution in [1.29, 1.82) is 0 Å². The number of carbonyl (C=O) groups excluding carboxylic acids is 1. The first-order valence-corrected chi connectivity index (χ1v) is 13.0. The molecule has 0 spiro atoms. The molecule has 4 rings (SSSR count). The van der Waals surface area contributed by atoms with E-state index in [-0.39, 0.29) is 17.8 Å². The highest BCUT2D eigenvalue weighted by atomic mass is 32.2. The molecule has 36 heavy (non-hydrogen) atoms. The van der Waals surface area contributed by atoms with Gasteiger partial charge in [-0.1, -0.05) is 0 Å². The Morgan fingerprint density at radius 2 is 1.94 bits per heavy atom. The van der Waals surface area contributed by atoms with Crippen molar-refractivity contribution < 1.29 is 27.3 Å². The topological polar surface area (TPSA) is 77.5 Å². The number of carbonyl (C=O) groups is 1. The van der Waals surface area contributed by atoms with Crippen LogP contribution in [0.15, 0.2) is 65.7 Å². The number of ether oxygens (including phenoxy) is 1. The van der Waals surface area contributed by atoms with Gasteiger partial charge in [-0.25, -0.2) is 4.98 Å². The Hall–Kier alpha value is -3.24. The molecule has 10 heteroatoms. The van der Waals surface area contributed by atoms with Gasteiger partial charge in [0.05, 0.1) is 5.56 Å². The predicted molar refractivity (Wildman–Crippen MR) is 132 cm³/mol. The van der Waals surface area contributed by atoms with Crippen molar-refractivity contribution in [3.05, 3.63) is 71.9 Å². The lowest BCUT2D eigenvalue weighted by Gasteiger charge is -2.24. The average Bonchev–Trinajstić information content (AvgIpc) is 3.29. The van der Waals surface area contributed by atoms with Gasteiger partial charge in [-0.2, -0.15) is 13.2 Å². The molecule has 1 amide bonds. The van der Waals surface area contributed by atoms with Crippen molar-refractivity contribution in [1.82, 2.24) is 9.88 Å². The Kier molecular flexibility index (Phi) is 7.75. The quantitative estimate of drug-likeness (QED) is 0.393. The van der Waals surface area contributed by atoms with Gasteiger partial charge in [-0.3, -0.25) is 4.79 Å². The fourth-order valence-corrected chi connectivity index (χ4v) is 4.76. The van der Waals surface area contributed by atoms with E-state index in [1.807, 2.05) is 11.0 Å². The highest BCUT2D eigenvalue weighted by Gasteiger charge is 2.31. The second-order valence-corrected chi connectivity index (χ2v) is 10.00. The van der Waals surface area contributed by atoms with Crippen molar-refractivity contribution in [3.63, 3.8) is 0 Å². The summed E-state index contributed by atoms with van der Waals surface area (Å²) in [5.74, 6) is 1.47. The average molecular weight is 518 g/mol. The second kappa shape index (κ2) is 10.8. The summed E-state index contributed by atoms with van der Waals surface area (Å²) in [6.45, 7) is 2.27. The van der Waals surface area contributed by atoms with Gasteiger partial charge in [0.2, 0.25) is 5.91 Å². The van der Waals surface area contributed by atoms with Gasteiger partial charge in [-0.15, -0.1) is 0 Å². The van der Waals surface area contributed by atoms with E-state index < -0.39 is 22.9 Å². The molecule has 1 saturated heterocycles. The van der Waals surface area contributed by atoms with Crippen LogP contribution in [0.1, 0.15) is 30.9 Å². The number of aromatic nitrogens is 1. The zero-order valence-corrected chi connectivity index (χ0v) is 20.7. The highest BCUT2D eigenvalue weighted by Crippen LogP contribution is 2.33. The number of benzene rings is 2. The van der Waals surface area contributed by atoms with E-state index in [2.05, 4.69) is 10.3 Å². The normalized spacial score (nSPS) is 16.6. The number of alkyl halides is 3. The molecule has 190 valence electrons. The number of hydrogen-bond acceptors (Lipinski definition) is 5. The summed E-state index contributed by atoms with van der Waals surface area (Å²) in [7, 11) is 0. The van der Waals surface area contributed by atoms with Gasteiger partial charge in [0.1, 0.15) is 23.6 Å². The lowest BCUT2D eigenvalue weighted by Crippen LogP contribution is -2.35. The summed E-state index contributed by atoms with van der Waals surface area (Å²) < 4.78 is 56.4. The molecule has 1 aliphatic rings. The number of likely N-dealkylation sites (tertiary alicyclic amines) is 1. The minimum atomic E-state index is -4.45. The van der Waals surface area contributed by atoms with Crippen LogP contribution in [0.5, 0.6) is 11.5 Å². The number of halogens is 3. The van der Waals surface area contributed by atoms with Crippen molar-refractivity contribution in [2.75, 3.05) is 18.1 Å². The first-order chi connectivity index (χ1) is 17.1. The smallest absolute Gasteiger partial charge is 0.417 e. The Labute approximate surface area is 210 Å². The van der Waals surface area contributed by atoms with Crippen LogP contribution in [0.3, 0.4) is 0 Å². The molecule has 2 unspecified atom stereocenters. The van der Waals surface area contributed by atoms with Crippen molar-refractivity contribution >= 4 is 28.6 Å². The summed E-state index contributed by atoms with van der Waals surface area (Å²) in [6.07, 6.45) is 0.288. The molecule has 6 nitrogen and oxygen atoms in total. The van der Waals surface area contributed by atoms with E-state index in [0.717, 1.165) is 30.7 Å². The van der Waals surface area contributed by atoms with Gasteiger partial charge < -0.3 is 19.5 Å². The number of nitrogens with one attached hydrogen (secondary N) is 1. The minimum absolute atomic E-state index is 0.0198. The summed E-state index contributed by atoms with van der Waals surface area (Å²) in [4.78, 5) is 18.5. The molecule has 1 N–H and O–H groups in total. The van der Waals surface area contributed by atoms with Crippen LogP contribution in [0.25, 0.3) is 0 Å². The fraction of sp³-hybridized carbons (Fsp3) is 0.308. The SMILES string of the molecule is CC(=O)N1CCCC1Cc1cc(Nc2ccc(C(F)(F)F)cn2)ccc1Oc1ccc([S+](C)[O-])cc1. The molecule has 3 aromatic rings. The molecule has 0 radical (unpaired) electrons. The van der Waals surface area contributed by atoms with Gasteiger partial charge in [0.25, 0.3) is 0 Å². The predicted octanol–water partition coefficient (Wildman–Crippen LogP) is 5.93. The van der Waals surface area contributed by atoms with Gasteiger partial charge in [0.15, 0.2) is 4.90 Å². The molecular weight excluding hydrogens is 491 g/mol. The zero-order valence-electron chi connectivity index (χ0n) is 19.8. The molecule has 2 heterocycles. The Bertz CT molecular complexity index is 1200. The summed E-state index contributed by atoms with van der Waals surface area (Å²) >= 11 is -1.10. The van der Waals surface area contributed by atoms with Crippen LogP contribution in [-0.4, -0.2) is 39.2 Å². The molecule has 2 aromatic carbocycles. The zero-order chi connectivity index (χ0) is 25.9. The van der Waals surface area contributed by atoms with Crippen LogP contribution in [0.4, 0.5) is 24.7 Å². The third-order valence-corrected chi connectivity index (χ3v) is 6.98. The number of amides is 1. The van der Waals surface area contributed by atoms with E-state index >= 15 is 0 Å². The Morgan fingerprint density at radius 1 is 1.19 bits per heavy atom. The standard InChI is InChI=1S/C26H26F3N3O3S/c1-17(33)32-13-3-4-21(32)15-18-14-20(31-25-12-5-19(16-30-25)26(27,28)29)6-11-24(18)35-22-7-9-23(10-8-22)36(2)34/h5-12,14,16,21H,3-4,13,15H2,1-2H3,(H,30,31). The van der Waals surface area contributed by atoms with Crippen LogP contribution in [-0.2, 0) is 28.6 Å².